The van der Waals surface area contributed by atoms with Crippen LogP contribution in [-0.4, -0.2) is 59.3 Å². The number of thioether (sulfide) groups is 1. The maximum Gasteiger partial charge on any atom is 0.265 e. The van der Waals surface area contributed by atoms with Gasteiger partial charge in [-0.3, -0.25) is 14.5 Å². The molecule has 0 N–H and O–H groups in total. The summed E-state index contributed by atoms with van der Waals surface area (Å²) in [6.45, 7) is 3.94. The third-order valence-corrected chi connectivity index (χ3v) is 6.70. The molecule has 2 fully saturated rings. The Morgan fingerprint density at radius 3 is 2.64 bits per heavy atom. The summed E-state index contributed by atoms with van der Waals surface area (Å²) in [6, 6.07) is 3.73. The lowest BCUT2D eigenvalue weighted by Gasteiger charge is -2.18. The van der Waals surface area contributed by atoms with Crippen LogP contribution in [0.15, 0.2) is 17.0 Å². The van der Waals surface area contributed by atoms with E-state index in [0.29, 0.717) is 27.3 Å². The second kappa shape index (κ2) is 9.45. The Kier molecular flexibility index (Phi) is 7.21. The van der Waals surface area contributed by atoms with E-state index in [1.807, 2.05) is 24.0 Å². The first-order valence-electron chi connectivity index (χ1n) is 8.99. The summed E-state index contributed by atoms with van der Waals surface area (Å²) in [7, 11) is 1.67. The van der Waals surface area contributed by atoms with Gasteiger partial charge in [-0.15, -0.1) is 0 Å². The number of likely N-dealkylation sites (N-methyl/N-ethyl adjacent to an activating group) is 1. The molecule has 2 heterocycles. The zero-order valence-corrected chi connectivity index (χ0v) is 19.5. The van der Waals surface area contributed by atoms with Crippen molar-refractivity contribution in [3.8, 4) is 11.5 Å². The highest BCUT2D eigenvalue weighted by Crippen LogP contribution is 2.37. The lowest BCUT2D eigenvalue weighted by molar-refractivity contribution is -0.132. The second-order valence-corrected chi connectivity index (χ2v) is 9.22. The quantitative estimate of drug-likeness (QED) is 0.318. The molecule has 0 saturated carbocycles. The van der Waals surface area contributed by atoms with Crippen molar-refractivity contribution in [2.75, 3.05) is 33.4 Å². The molecular formula is C19H21IN2O4S2. The number of rotatable bonds is 6. The highest BCUT2D eigenvalue weighted by Gasteiger charge is 2.29. The second-order valence-electron chi connectivity index (χ2n) is 6.38. The molecule has 0 radical (unpaired) electrons. The summed E-state index contributed by atoms with van der Waals surface area (Å²) in [5.74, 6) is 0.989. The van der Waals surface area contributed by atoms with Crippen LogP contribution in [0.2, 0.25) is 0 Å². The van der Waals surface area contributed by atoms with Crippen LogP contribution in [0.5, 0.6) is 11.5 Å². The molecule has 6 nitrogen and oxygen atoms in total. The molecule has 2 amide bonds. The monoisotopic (exact) mass is 532 g/mol. The van der Waals surface area contributed by atoms with Gasteiger partial charge in [0.05, 0.1) is 15.1 Å². The Balaban J connectivity index is 1.81. The average molecular weight is 532 g/mol. The van der Waals surface area contributed by atoms with Gasteiger partial charge in [-0.2, -0.15) is 0 Å². The SMILES string of the molecule is CCOc1cc(/C=C2\SC(=S)N(C)C2=O)cc(I)c1OCC(=O)N1CCCC1. The molecule has 0 aliphatic carbocycles. The van der Waals surface area contributed by atoms with E-state index >= 15 is 0 Å². The Hall–Kier alpha value is -1.33. The van der Waals surface area contributed by atoms with Gasteiger partial charge in [-0.05, 0) is 66.1 Å². The van der Waals surface area contributed by atoms with E-state index in [1.165, 1.54) is 16.7 Å². The summed E-state index contributed by atoms with van der Waals surface area (Å²) in [4.78, 5) is 28.4. The molecule has 150 valence electrons. The maximum atomic E-state index is 12.3. The molecule has 0 aromatic heterocycles. The van der Waals surface area contributed by atoms with Crippen LogP contribution in [0, 0.1) is 3.57 Å². The molecule has 0 bridgehead atoms. The number of thiocarbonyl (C=S) groups is 1. The van der Waals surface area contributed by atoms with Gasteiger partial charge in [0.1, 0.15) is 4.32 Å². The molecule has 1 aromatic rings. The van der Waals surface area contributed by atoms with Crippen molar-refractivity contribution in [2.24, 2.45) is 0 Å². The van der Waals surface area contributed by atoms with Crippen LogP contribution in [-0.2, 0) is 9.59 Å². The predicted molar refractivity (Wildman–Crippen MR) is 123 cm³/mol. The Labute approximate surface area is 187 Å². The van der Waals surface area contributed by atoms with Crippen molar-refractivity contribution in [1.29, 1.82) is 0 Å². The van der Waals surface area contributed by atoms with Crippen LogP contribution >= 0.6 is 46.6 Å². The smallest absolute Gasteiger partial charge is 0.265 e. The number of amides is 2. The molecule has 28 heavy (non-hydrogen) atoms. The number of likely N-dealkylation sites (tertiary alicyclic amines) is 1. The number of hydrogen-bond acceptors (Lipinski definition) is 6. The topological polar surface area (TPSA) is 59.1 Å². The molecule has 2 aliphatic rings. The fourth-order valence-corrected chi connectivity index (χ4v) is 4.92. The molecule has 3 rings (SSSR count). The van der Waals surface area contributed by atoms with E-state index in [2.05, 4.69) is 22.6 Å². The van der Waals surface area contributed by atoms with E-state index in [-0.39, 0.29) is 18.4 Å². The number of nitrogens with zero attached hydrogens (tertiary/aromatic N) is 2. The van der Waals surface area contributed by atoms with Gasteiger partial charge in [0, 0.05) is 20.1 Å². The van der Waals surface area contributed by atoms with Crippen molar-refractivity contribution in [3.63, 3.8) is 0 Å². The third-order valence-electron chi connectivity index (χ3n) is 4.41. The number of carbonyl (C=O) groups is 2. The van der Waals surface area contributed by atoms with Crippen LogP contribution in [0.3, 0.4) is 0 Å². The Morgan fingerprint density at radius 2 is 2.04 bits per heavy atom. The Bertz CT molecular complexity index is 837. The number of hydrogen-bond donors (Lipinski definition) is 0. The molecule has 0 unspecified atom stereocenters. The van der Waals surface area contributed by atoms with Gasteiger partial charge >= 0.3 is 0 Å². The average Bonchev–Trinajstić information content (AvgIpc) is 3.27. The first-order valence-corrected chi connectivity index (χ1v) is 11.3. The van der Waals surface area contributed by atoms with Crippen LogP contribution in [0.1, 0.15) is 25.3 Å². The largest absolute Gasteiger partial charge is 0.490 e. The standard InChI is InChI=1S/C19H21IN2O4S2/c1-3-25-14-9-12(10-15-18(24)21(2)19(27)28-15)8-13(20)17(14)26-11-16(23)22-6-4-5-7-22/h8-10H,3-7,11H2,1-2H3/b15-10-. The van der Waals surface area contributed by atoms with Gasteiger partial charge in [-0.25, -0.2) is 0 Å². The van der Waals surface area contributed by atoms with Crippen LogP contribution in [0.4, 0.5) is 0 Å². The van der Waals surface area contributed by atoms with Crippen molar-refractivity contribution in [2.45, 2.75) is 19.8 Å². The minimum atomic E-state index is -0.112. The fraction of sp³-hybridized carbons (Fsp3) is 0.421. The van der Waals surface area contributed by atoms with Gasteiger partial charge in [0.2, 0.25) is 0 Å². The van der Waals surface area contributed by atoms with Gasteiger partial charge in [-0.1, -0.05) is 24.0 Å². The first-order chi connectivity index (χ1) is 13.4. The first kappa shape index (κ1) is 21.4. The van der Waals surface area contributed by atoms with E-state index < -0.39 is 0 Å². The molecule has 0 atom stereocenters. The lowest BCUT2D eigenvalue weighted by atomic mass is 10.2. The zero-order chi connectivity index (χ0) is 20.3. The summed E-state index contributed by atoms with van der Waals surface area (Å²) < 4.78 is 12.9. The molecular weight excluding hydrogens is 511 g/mol. The molecule has 2 saturated heterocycles. The van der Waals surface area contributed by atoms with Crippen LogP contribution in [0.25, 0.3) is 6.08 Å². The zero-order valence-electron chi connectivity index (χ0n) is 15.7. The maximum absolute atomic E-state index is 12.3. The highest BCUT2D eigenvalue weighted by molar-refractivity contribution is 14.1. The van der Waals surface area contributed by atoms with E-state index in [4.69, 9.17) is 21.7 Å². The van der Waals surface area contributed by atoms with Crippen molar-refractivity contribution in [1.82, 2.24) is 9.80 Å². The van der Waals surface area contributed by atoms with Crippen molar-refractivity contribution < 1.29 is 19.1 Å². The van der Waals surface area contributed by atoms with Gasteiger partial charge < -0.3 is 14.4 Å². The number of benzene rings is 1. The normalized spacial score (nSPS) is 18.3. The summed E-state index contributed by atoms with van der Waals surface area (Å²) in [5.41, 5.74) is 0.819. The minimum absolute atomic E-state index is 0.00792. The molecule has 1 aromatic carbocycles. The van der Waals surface area contributed by atoms with E-state index in [9.17, 15) is 9.59 Å². The molecule has 9 heteroatoms. The summed E-state index contributed by atoms with van der Waals surface area (Å²) in [6.07, 6.45) is 3.89. The van der Waals surface area contributed by atoms with Crippen molar-refractivity contribution >= 4 is 68.8 Å². The molecule has 2 aliphatic heterocycles. The van der Waals surface area contributed by atoms with Gasteiger partial charge in [0.15, 0.2) is 18.1 Å². The van der Waals surface area contributed by atoms with Gasteiger partial charge in [0.25, 0.3) is 11.8 Å². The highest BCUT2D eigenvalue weighted by atomic mass is 127. The van der Waals surface area contributed by atoms with E-state index in [1.54, 1.807) is 13.1 Å². The Morgan fingerprint density at radius 1 is 1.32 bits per heavy atom. The number of halogens is 1. The predicted octanol–water partition coefficient (Wildman–Crippen LogP) is 3.52. The van der Waals surface area contributed by atoms with E-state index in [0.717, 1.165) is 35.1 Å². The lowest BCUT2D eigenvalue weighted by Crippen LogP contribution is -2.32. The summed E-state index contributed by atoms with van der Waals surface area (Å²) >= 11 is 8.61. The number of ether oxygens (including phenoxy) is 2. The minimum Gasteiger partial charge on any atom is -0.490 e. The van der Waals surface area contributed by atoms with Crippen LogP contribution < -0.4 is 9.47 Å². The molecule has 0 spiro atoms. The fourth-order valence-electron chi connectivity index (χ4n) is 2.96. The van der Waals surface area contributed by atoms with Crippen molar-refractivity contribution in [3.05, 3.63) is 26.2 Å². The number of carbonyl (C=O) groups excluding carboxylic acids is 2. The summed E-state index contributed by atoms with van der Waals surface area (Å²) in [5, 5.41) is 0. The third kappa shape index (κ3) is 4.80.